The number of carboxylic acid groups (broad SMARTS) is 1. The standard InChI is InChI=1S/C12H18N4O4/c1-2-8(9-13-4-5-14-9)15-11(19)16-12(10(17)18)3-6-20-7-12/h4-5,8H,2-3,6-7H2,1H3,(H,13,14)(H,17,18)(H2,15,16,19). The Morgan fingerprint density at radius 1 is 1.65 bits per heavy atom. The van der Waals surface area contributed by atoms with Gasteiger partial charge in [-0.3, -0.25) is 0 Å². The lowest BCUT2D eigenvalue weighted by Gasteiger charge is -2.25. The number of imidazole rings is 1. The molecule has 0 saturated carbocycles. The van der Waals surface area contributed by atoms with Gasteiger partial charge in [0.05, 0.1) is 12.6 Å². The molecule has 0 aromatic carbocycles. The van der Waals surface area contributed by atoms with E-state index in [-0.39, 0.29) is 19.1 Å². The van der Waals surface area contributed by atoms with Gasteiger partial charge in [0.15, 0.2) is 5.54 Å². The first kappa shape index (κ1) is 14.3. The van der Waals surface area contributed by atoms with Gasteiger partial charge in [-0.2, -0.15) is 0 Å². The van der Waals surface area contributed by atoms with E-state index < -0.39 is 17.5 Å². The fourth-order valence-corrected chi connectivity index (χ4v) is 2.13. The van der Waals surface area contributed by atoms with Crippen LogP contribution in [0.3, 0.4) is 0 Å². The molecule has 8 nitrogen and oxygen atoms in total. The van der Waals surface area contributed by atoms with Crippen LogP contribution in [0.25, 0.3) is 0 Å². The van der Waals surface area contributed by atoms with E-state index in [0.29, 0.717) is 18.9 Å². The minimum absolute atomic E-state index is 0.0205. The highest BCUT2D eigenvalue weighted by molar-refractivity contribution is 5.86. The second kappa shape index (κ2) is 5.91. The third-order valence-electron chi connectivity index (χ3n) is 3.35. The smallest absolute Gasteiger partial charge is 0.332 e. The van der Waals surface area contributed by atoms with Crippen LogP contribution in [0.4, 0.5) is 4.79 Å². The van der Waals surface area contributed by atoms with E-state index in [0.717, 1.165) is 0 Å². The van der Waals surface area contributed by atoms with E-state index in [1.165, 1.54) is 0 Å². The van der Waals surface area contributed by atoms with Crippen LogP contribution in [0.1, 0.15) is 31.6 Å². The highest BCUT2D eigenvalue weighted by Crippen LogP contribution is 2.19. The van der Waals surface area contributed by atoms with Crippen LogP contribution in [0.2, 0.25) is 0 Å². The summed E-state index contributed by atoms with van der Waals surface area (Å²) in [7, 11) is 0. The maximum Gasteiger partial charge on any atom is 0.332 e. The summed E-state index contributed by atoms with van der Waals surface area (Å²) >= 11 is 0. The minimum Gasteiger partial charge on any atom is -0.479 e. The van der Waals surface area contributed by atoms with Crippen LogP contribution in [0, 0.1) is 0 Å². The van der Waals surface area contributed by atoms with Gasteiger partial charge < -0.3 is 25.5 Å². The van der Waals surface area contributed by atoms with Gasteiger partial charge in [0.2, 0.25) is 0 Å². The van der Waals surface area contributed by atoms with Gasteiger partial charge in [0.1, 0.15) is 5.82 Å². The summed E-state index contributed by atoms with van der Waals surface area (Å²) in [5.74, 6) is -0.453. The molecule has 2 rings (SSSR count). The Hall–Kier alpha value is -2.09. The van der Waals surface area contributed by atoms with Crippen LogP contribution in [-0.4, -0.2) is 45.8 Å². The molecule has 1 aromatic rings. The second-order valence-electron chi connectivity index (χ2n) is 4.72. The molecular weight excluding hydrogens is 264 g/mol. The maximum atomic E-state index is 12.0. The van der Waals surface area contributed by atoms with Crippen molar-refractivity contribution < 1.29 is 19.4 Å². The minimum atomic E-state index is -1.34. The quantitative estimate of drug-likeness (QED) is 0.624. The monoisotopic (exact) mass is 282 g/mol. The molecule has 1 aliphatic heterocycles. The molecule has 2 unspecified atom stereocenters. The van der Waals surface area contributed by atoms with Crippen molar-refractivity contribution in [3.63, 3.8) is 0 Å². The van der Waals surface area contributed by atoms with Crippen molar-refractivity contribution in [1.29, 1.82) is 0 Å². The number of ether oxygens (including phenoxy) is 1. The Labute approximate surface area is 115 Å². The lowest BCUT2D eigenvalue weighted by atomic mass is 9.99. The molecule has 2 amide bonds. The van der Waals surface area contributed by atoms with E-state index in [9.17, 15) is 14.7 Å². The molecule has 2 heterocycles. The van der Waals surface area contributed by atoms with Crippen LogP contribution < -0.4 is 10.6 Å². The third kappa shape index (κ3) is 2.90. The summed E-state index contributed by atoms with van der Waals surface area (Å²) in [4.78, 5) is 30.3. The molecule has 1 fully saturated rings. The maximum absolute atomic E-state index is 12.0. The largest absolute Gasteiger partial charge is 0.479 e. The first-order valence-corrected chi connectivity index (χ1v) is 6.46. The number of urea groups is 1. The van der Waals surface area contributed by atoms with Crippen molar-refractivity contribution in [3.05, 3.63) is 18.2 Å². The Morgan fingerprint density at radius 2 is 2.45 bits per heavy atom. The van der Waals surface area contributed by atoms with Crippen molar-refractivity contribution in [3.8, 4) is 0 Å². The predicted molar refractivity (Wildman–Crippen MR) is 69.1 cm³/mol. The first-order valence-electron chi connectivity index (χ1n) is 6.46. The number of carboxylic acids is 1. The van der Waals surface area contributed by atoms with E-state index in [1.807, 2.05) is 6.92 Å². The van der Waals surface area contributed by atoms with E-state index >= 15 is 0 Å². The Morgan fingerprint density at radius 3 is 2.95 bits per heavy atom. The topological polar surface area (TPSA) is 116 Å². The number of hydrogen-bond donors (Lipinski definition) is 4. The molecular formula is C12H18N4O4. The molecule has 1 saturated heterocycles. The summed E-state index contributed by atoms with van der Waals surface area (Å²) in [6.45, 7) is 2.20. The van der Waals surface area contributed by atoms with Gasteiger partial charge in [0, 0.05) is 25.4 Å². The highest BCUT2D eigenvalue weighted by Gasteiger charge is 2.44. The van der Waals surface area contributed by atoms with Crippen LogP contribution in [0.15, 0.2) is 12.4 Å². The zero-order valence-electron chi connectivity index (χ0n) is 11.2. The fraction of sp³-hybridized carbons (Fsp3) is 0.583. The highest BCUT2D eigenvalue weighted by atomic mass is 16.5. The van der Waals surface area contributed by atoms with Gasteiger partial charge in [-0.15, -0.1) is 0 Å². The van der Waals surface area contributed by atoms with Crippen LogP contribution >= 0.6 is 0 Å². The fourth-order valence-electron chi connectivity index (χ4n) is 2.13. The lowest BCUT2D eigenvalue weighted by Crippen LogP contribution is -2.58. The Balaban J connectivity index is 1.99. The molecule has 20 heavy (non-hydrogen) atoms. The first-order chi connectivity index (χ1) is 9.57. The number of aliphatic carboxylic acids is 1. The molecule has 4 N–H and O–H groups in total. The number of rotatable bonds is 5. The van der Waals surface area contributed by atoms with Crippen LogP contribution in [-0.2, 0) is 9.53 Å². The Bertz CT molecular complexity index is 468. The normalized spacial score (nSPS) is 23.2. The number of aromatic nitrogens is 2. The van der Waals surface area contributed by atoms with Crippen molar-refractivity contribution in [1.82, 2.24) is 20.6 Å². The number of amides is 2. The summed E-state index contributed by atoms with van der Waals surface area (Å²) in [6, 6.07) is -0.834. The number of hydrogen-bond acceptors (Lipinski definition) is 4. The van der Waals surface area contributed by atoms with Crippen molar-refractivity contribution in [2.75, 3.05) is 13.2 Å². The van der Waals surface area contributed by atoms with Gasteiger partial charge >= 0.3 is 12.0 Å². The average molecular weight is 282 g/mol. The number of aromatic amines is 1. The zero-order valence-corrected chi connectivity index (χ0v) is 11.2. The van der Waals surface area contributed by atoms with Gasteiger partial charge in [-0.25, -0.2) is 14.6 Å². The molecule has 0 bridgehead atoms. The lowest BCUT2D eigenvalue weighted by molar-refractivity contribution is -0.144. The molecule has 0 radical (unpaired) electrons. The predicted octanol–water partition coefficient (Wildman–Crippen LogP) is 0.404. The second-order valence-corrected chi connectivity index (χ2v) is 4.72. The third-order valence-corrected chi connectivity index (χ3v) is 3.35. The molecule has 1 aromatic heterocycles. The van der Waals surface area contributed by atoms with E-state index in [2.05, 4.69) is 20.6 Å². The number of nitrogens with zero attached hydrogens (tertiary/aromatic N) is 1. The van der Waals surface area contributed by atoms with Gasteiger partial charge in [-0.1, -0.05) is 6.92 Å². The van der Waals surface area contributed by atoms with E-state index in [1.54, 1.807) is 12.4 Å². The zero-order chi connectivity index (χ0) is 14.6. The molecule has 0 spiro atoms. The molecule has 0 aliphatic carbocycles. The molecule has 8 heteroatoms. The van der Waals surface area contributed by atoms with Crippen molar-refractivity contribution in [2.45, 2.75) is 31.3 Å². The SMILES string of the molecule is CCC(NC(=O)NC1(C(=O)O)CCOC1)c1ncc[nH]1. The van der Waals surface area contributed by atoms with Crippen molar-refractivity contribution >= 4 is 12.0 Å². The molecule has 2 atom stereocenters. The van der Waals surface area contributed by atoms with Gasteiger partial charge in [-0.05, 0) is 6.42 Å². The summed E-state index contributed by atoms with van der Waals surface area (Å²) in [5.41, 5.74) is -1.34. The number of carbonyl (C=O) groups is 2. The summed E-state index contributed by atoms with van der Waals surface area (Å²) in [6.07, 6.45) is 4.16. The summed E-state index contributed by atoms with van der Waals surface area (Å²) < 4.78 is 5.08. The molecule has 110 valence electrons. The number of H-pyrrole nitrogens is 1. The number of nitrogens with one attached hydrogen (secondary N) is 3. The summed E-state index contributed by atoms with van der Waals surface area (Å²) in [5, 5.41) is 14.5. The van der Waals surface area contributed by atoms with Crippen molar-refractivity contribution in [2.24, 2.45) is 0 Å². The van der Waals surface area contributed by atoms with E-state index in [4.69, 9.17) is 4.74 Å². The van der Waals surface area contributed by atoms with Gasteiger partial charge in [0.25, 0.3) is 0 Å². The number of carbonyl (C=O) groups excluding carboxylic acids is 1. The average Bonchev–Trinajstić information content (AvgIpc) is 3.07. The van der Waals surface area contributed by atoms with Crippen LogP contribution in [0.5, 0.6) is 0 Å². The molecule has 1 aliphatic rings. The Kier molecular flexibility index (Phi) is 4.23.